The van der Waals surface area contributed by atoms with Crippen LogP contribution >= 0.6 is 12.4 Å². The molecule has 2 amide bonds. The second kappa shape index (κ2) is 12.2. The SMILES string of the molecule is Cl.O=C(Nc1ccccc1NC(=O)c1ccc(/C=C2/CCNC2)cc1)OCC1c2ccccc2-c2ccccc21. The van der Waals surface area contributed by atoms with Gasteiger partial charge in [0, 0.05) is 18.0 Å². The van der Waals surface area contributed by atoms with Crippen molar-refractivity contribution in [1.82, 2.24) is 5.32 Å². The summed E-state index contributed by atoms with van der Waals surface area (Å²) in [5.41, 5.74) is 8.60. The van der Waals surface area contributed by atoms with E-state index in [1.165, 1.54) is 16.7 Å². The number of carbonyl (C=O) groups is 2. The Bertz CT molecular complexity index is 1510. The largest absolute Gasteiger partial charge is 0.448 e. The molecule has 0 aromatic heterocycles. The molecule has 4 aromatic rings. The molecule has 1 heterocycles. The molecule has 0 bridgehead atoms. The predicted molar refractivity (Wildman–Crippen MR) is 162 cm³/mol. The van der Waals surface area contributed by atoms with Gasteiger partial charge in [0.2, 0.25) is 0 Å². The maximum atomic E-state index is 13.0. The molecule has 40 heavy (non-hydrogen) atoms. The molecule has 1 fully saturated rings. The van der Waals surface area contributed by atoms with Crippen LogP contribution in [-0.2, 0) is 4.74 Å². The van der Waals surface area contributed by atoms with Crippen LogP contribution in [0.3, 0.4) is 0 Å². The first kappa shape index (κ1) is 27.2. The summed E-state index contributed by atoms with van der Waals surface area (Å²) < 4.78 is 5.68. The molecule has 1 aliphatic carbocycles. The van der Waals surface area contributed by atoms with Gasteiger partial charge in [0.1, 0.15) is 6.61 Å². The first-order chi connectivity index (χ1) is 19.2. The Labute approximate surface area is 239 Å². The lowest BCUT2D eigenvalue weighted by atomic mass is 9.98. The minimum absolute atomic E-state index is 0. The minimum atomic E-state index is -0.572. The molecular formula is C33H30ClN3O3. The third-order valence-electron chi connectivity index (χ3n) is 7.27. The van der Waals surface area contributed by atoms with Crippen molar-refractivity contribution in [3.8, 4) is 11.1 Å². The third-order valence-corrected chi connectivity index (χ3v) is 7.27. The van der Waals surface area contributed by atoms with Gasteiger partial charge in [-0.2, -0.15) is 0 Å². The quantitative estimate of drug-likeness (QED) is 0.239. The van der Waals surface area contributed by atoms with Gasteiger partial charge in [0.05, 0.1) is 11.4 Å². The fraction of sp³-hybridized carbons (Fsp3) is 0.152. The van der Waals surface area contributed by atoms with Crippen LogP contribution < -0.4 is 16.0 Å². The number of hydrogen-bond donors (Lipinski definition) is 3. The van der Waals surface area contributed by atoms with Crippen LogP contribution in [0.25, 0.3) is 17.2 Å². The summed E-state index contributed by atoms with van der Waals surface area (Å²) in [4.78, 5) is 25.8. The number of nitrogens with one attached hydrogen (secondary N) is 3. The van der Waals surface area contributed by atoms with E-state index in [1.807, 2.05) is 54.6 Å². The number of ether oxygens (including phenoxy) is 1. The number of anilines is 2. The Morgan fingerprint density at radius 3 is 2.02 bits per heavy atom. The van der Waals surface area contributed by atoms with Crippen LogP contribution in [0.5, 0.6) is 0 Å². The molecule has 2 aliphatic rings. The molecule has 1 saturated heterocycles. The first-order valence-corrected chi connectivity index (χ1v) is 13.2. The minimum Gasteiger partial charge on any atom is -0.448 e. The monoisotopic (exact) mass is 551 g/mol. The van der Waals surface area contributed by atoms with Crippen molar-refractivity contribution in [2.75, 3.05) is 30.3 Å². The van der Waals surface area contributed by atoms with Crippen molar-refractivity contribution in [2.24, 2.45) is 0 Å². The van der Waals surface area contributed by atoms with Crippen LogP contribution in [-0.4, -0.2) is 31.7 Å². The van der Waals surface area contributed by atoms with E-state index in [4.69, 9.17) is 4.74 Å². The molecule has 6 nitrogen and oxygen atoms in total. The third kappa shape index (κ3) is 5.78. The summed E-state index contributed by atoms with van der Waals surface area (Å²) in [6.45, 7) is 2.14. The highest BCUT2D eigenvalue weighted by molar-refractivity contribution is 6.07. The molecule has 0 unspecified atom stereocenters. The highest BCUT2D eigenvalue weighted by atomic mass is 35.5. The standard InChI is InChI=1S/C33H29N3O3.ClH/c37-32(24-15-13-22(14-16-24)19-23-17-18-34-20-23)35-30-11-5-6-12-31(30)36-33(38)39-21-29-27-9-3-1-7-25(27)26-8-2-4-10-28(26)29;/h1-16,19,29,34H,17-18,20-21H2,(H,35,37)(H,36,38);1H/b23-19-;. The van der Waals surface area contributed by atoms with Crippen molar-refractivity contribution in [3.63, 3.8) is 0 Å². The molecule has 0 radical (unpaired) electrons. The van der Waals surface area contributed by atoms with E-state index >= 15 is 0 Å². The lowest BCUT2D eigenvalue weighted by Crippen LogP contribution is -2.19. The highest BCUT2D eigenvalue weighted by Crippen LogP contribution is 2.44. The van der Waals surface area contributed by atoms with E-state index in [0.29, 0.717) is 16.9 Å². The molecule has 6 rings (SSSR count). The van der Waals surface area contributed by atoms with E-state index < -0.39 is 6.09 Å². The van der Waals surface area contributed by atoms with Crippen molar-refractivity contribution in [1.29, 1.82) is 0 Å². The van der Waals surface area contributed by atoms with E-state index in [1.54, 1.807) is 18.2 Å². The van der Waals surface area contributed by atoms with Crippen molar-refractivity contribution in [3.05, 3.63) is 125 Å². The molecule has 4 aromatic carbocycles. The van der Waals surface area contributed by atoms with Crippen LogP contribution in [0.15, 0.2) is 103 Å². The van der Waals surface area contributed by atoms with Crippen molar-refractivity contribution in [2.45, 2.75) is 12.3 Å². The molecule has 0 saturated carbocycles. The highest BCUT2D eigenvalue weighted by Gasteiger charge is 2.29. The lowest BCUT2D eigenvalue weighted by molar-refractivity contribution is 0.102. The number of carbonyl (C=O) groups excluding carboxylic acids is 2. The molecule has 3 N–H and O–H groups in total. The van der Waals surface area contributed by atoms with Gasteiger partial charge < -0.3 is 15.4 Å². The van der Waals surface area contributed by atoms with Gasteiger partial charge in [-0.05, 0) is 65.0 Å². The second-order valence-corrected chi connectivity index (χ2v) is 9.80. The molecule has 0 atom stereocenters. The van der Waals surface area contributed by atoms with Crippen LogP contribution in [0.1, 0.15) is 39.4 Å². The van der Waals surface area contributed by atoms with Gasteiger partial charge in [0.15, 0.2) is 0 Å². The van der Waals surface area contributed by atoms with Crippen LogP contribution in [0, 0.1) is 0 Å². The lowest BCUT2D eigenvalue weighted by Gasteiger charge is -2.16. The van der Waals surface area contributed by atoms with Gasteiger partial charge in [-0.3, -0.25) is 10.1 Å². The Hall–Kier alpha value is -4.39. The molecule has 7 heteroatoms. The summed E-state index contributed by atoms with van der Waals surface area (Å²) in [5.74, 6) is -0.278. The zero-order valence-corrected chi connectivity index (χ0v) is 22.7. The van der Waals surface area contributed by atoms with Gasteiger partial charge in [-0.15, -0.1) is 12.4 Å². The van der Waals surface area contributed by atoms with E-state index in [2.05, 4.69) is 46.3 Å². The average molecular weight is 552 g/mol. The van der Waals surface area contributed by atoms with E-state index in [-0.39, 0.29) is 30.8 Å². The number of para-hydroxylation sites is 2. The smallest absolute Gasteiger partial charge is 0.411 e. The zero-order valence-electron chi connectivity index (χ0n) is 21.9. The summed E-state index contributed by atoms with van der Waals surface area (Å²) >= 11 is 0. The number of rotatable bonds is 6. The maximum absolute atomic E-state index is 13.0. The number of amides is 2. The molecular weight excluding hydrogens is 522 g/mol. The van der Waals surface area contributed by atoms with Crippen molar-refractivity contribution < 1.29 is 14.3 Å². The van der Waals surface area contributed by atoms with Gasteiger partial charge in [-0.25, -0.2) is 4.79 Å². The average Bonchev–Trinajstić information content (AvgIpc) is 3.59. The summed E-state index contributed by atoms with van der Waals surface area (Å²) in [6.07, 6.45) is 2.64. The predicted octanol–water partition coefficient (Wildman–Crippen LogP) is 7.10. The Kier molecular flexibility index (Phi) is 8.29. The van der Waals surface area contributed by atoms with Crippen LogP contribution in [0.2, 0.25) is 0 Å². The van der Waals surface area contributed by atoms with Crippen molar-refractivity contribution >= 4 is 41.9 Å². The maximum Gasteiger partial charge on any atom is 0.411 e. The number of halogens is 1. The van der Waals surface area contributed by atoms with Gasteiger partial charge in [-0.1, -0.05) is 84.4 Å². The number of fused-ring (bicyclic) bond motifs is 3. The van der Waals surface area contributed by atoms with Gasteiger partial charge in [0.25, 0.3) is 5.91 Å². The molecule has 1 aliphatic heterocycles. The van der Waals surface area contributed by atoms with Crippen LogP contribution in [0.4, 0.5) is 16.2 Å². The summed E-state index contributed by atoms with van der Waals surface area (Å²) in [5, 5.41) is 9.04. The Morgan fingerprint density at radius 1 is 0.800 bits per heavy atom. The first-order valence-electron chi connectivity index (χ1n) is 13.2. The second-order valence-electron chi connectivity index (χ2n) is 9.80. The molecule has 0 spiro atoms. The fourth-order valence-corrected chi connectivity index (χ4v) is 5.32. The Balaban J connectivity index is 0.00000323. The van der Waals surface area contributed by atoms with E-state index in [0.717, 1.165) is 36.2 Å². The molecule has 202 valence electrons. The fourth-order valence-electron chi connectivity index (χ4n) is 5.32. The topological polar surface area (TPSA) is 79.5 Å². The Morgan fingerprint density at radius 2 is 1.40 bits per heavy atom. The van der Waals surface area contributed by atoms with E-state index in [9.17, 15) is 9.59 Å². The number of benzene rings is 4. The number of hydrogen-bond acceptors (Lipinski definition) is 4. The summed E-state index contributed by atoms with van der Waals surface area (Å²) in [7, 11) is 0. The normalized spacial score (nSPS) is 14.7. The summed E-state index contributed by atoms with van der Waals surface area (Å²) in [6, 6.07) is 31.1. The zero-order chi connectivity index (χ0) is 26.6. The van der Waals surface area contributed by atoms with Gasteiger partial charge >= 0.3 is 6.09 Å².